The van der Waals surface area contributed by atoms with Crippen LogP contribution in [0, 0.1) is 11.3 Å². The van der Waals surface area contributed by atoms with Crippen LogP contribution in [0.1, 0.15) is 31.7 Å². The number of halogens is 1. The number of hydrogen-bond acceptors (Lipinski definition) is 3. The number of hydrogen-bond donors (Lipinski definition) is 0. The van der Waals surface area contributed by atoms with Crippen molar-refractivity contribution in [2.45, 2.75) is 39.8 Å². The molecule has 0 unspecified atom stereocenters. The third-order valence-corrected chi connectivity index (χ3v) is 3.07. The van der Waals surface area contributed by atoms with Crippen molar-refractivity contribution in [3.8, 4) is 6.07 Å². The van der Waals surface area contributed by atoms with E-state index in [-0.39, 0.29) is 0 Å². The fourth-order valence-electron chi connectivity index (χ4n) is 1.88. The normalized spacial score (nSPS) is 15.2. The molecule has 1 aliphatic rings. The van der Waals surface area contributed by atoms with Gasteiger partial charge in [0.15, 0.2) is 0 Å². The molecule has 1 aliphatic heterocycles. The average molecular weight is 255 g/mol. The van der Waals surface area contributed by atoms with Gasteiger partial charge in [-0.15, -0.1) is 0 Å². The Balaban J connectivity index is 0.000000686. The van der Waals surface area contributed by atoms with Gasteiger partial charge in [0.2, 0.25) is 0 Å². The highest BCUT2D eigenvalue weighted by molar-refractivity contribution is 6.31. The summed E-state index contributed by atoms with van der Waals surface area (Å²) in [6.45, 7) is 6.77. The molecule has 0 radical (unpaired) electrons. The maximum absolute atomic E-state index is 8.64. The van der Waals surface area contributed by atoms with Crippen molar-refractivity contribution in [2.24, 2.45) is 0 Å². The summed E-state index contributed by atoms with van der Waals surface area (Å²) in [5.74, 6) is 0. The van der Waals surface area contributed by atoms with E-state index < -0.39 is 0 Å². The van der Waals surface area contributed by atoms with Crippen molar-refractivity contribution in [2.75, 3.05) is 13.6 Å². The minimum Gasteiger partial charge on any atom is -0.300 e. The SMILES string of the molecule is CC.CN1CCCn2nc(CC#N)c(Cl)c2C1. The molecule has 0 bridgehead atoms. The molecular weight excluding hydrogens is 236 g/mol. The zero-order chi connectivity index (χ0) is 12.8. The molecule has 0 spiro atoms. The summed E-state index contributed by atoms with van der Waals surface area (Å²) < 4.78 is 1.94. The first-order valence-corrected chi connectivity index (χ1v) is 6.39. The molecule has 0 fully saturated rings. The van der Waals surface area contributed by atoms with E-state index in [1.807, 2.05) is 18.5 Å². The van der Waals surface area contributed by atoms with E-state index in [9.17, 15) is 0 Å². The van der Waals surface area contributed by atoms with E-state index in [1.165, 1.54) is 0 Å². The quantitative estimate of drug-likeness (QED) is 0.773. The summed E-state index contributed by atoms with van der Waals surface area (Å²) in [5, 5.41) is 13.7. The third-order valence-electron chi connectivity index (χ3n) is 2.64. The van der Waals surface area contributed by atoms with Gasteiger partial charge in [-0.2, -0.15) is 10.4 Å². The predicted octanol–water partition coefficient (Wildman–Crippen LogP) is 2.46. The van der Waals surface area contributed by atoms with E-state index in [2.05, 4.69) is 23.1 Å². The molecular formula is C12H19ClN4. The Labute approximate surface area is 108 Å². The van der Waals surface area contributed by atoms with Crippen molar-refractivity contribution in [3.63, 3.8) is 0 Å². The molecule has 0 saturated carbocycles. The molecule has 4 nitrogen and oxygen atoms in total. The second kappa shape index (κ2) is 6.63. The fraction of sp³-hybridized carbons (Fsp3) is 0.667. The molecule has 2 rings (SSSR count). The standard InChI is InChI=1S/C10H13ClN4.C2H6/c1-14-5-2-6-15-9(7-14)10(11)8(13-15)3-4-12;1-2/h2-3,5-7H2,1H3;1-2H3. The fourth-order valence-corrected chi connectivity index (χ4v) is 2.14. The zero-order valence-electron chi connectivity index (χ0n) is 10.7. The molecule has 0 amide bonds. The summed E-state index contributed by atoms with van der Waals surface area (Å²) >= 11 is 6.20. The van der Waals surface area contributed by atoms with E-state index in [0.29, 0.717) is 17.1 Å². The summed E-state index contributed by atoms with van der Waals surface area (Å²) in [5.41, 5.74) is 1.76. The molecule has 17 heavy (non-hydrogen) atoms. The highest BCUT2D eigenvalue weighted by Crippen LogP contribution is 2.24. The average Bonchev–Trinajstić information content (AvgIpc) is 2.52. The van der Waals surface area contributed by atoms with E-state index in [1.54, 1.807) is 0 Å². The predicted molar refractivity (Wildman–Crippen MR) is 68.9 cm³/mol. The Kier molecular flexibility index (Phi) is 5.46. The minimum atomic E-state index is 0.294. The Morgan fingerprint density at radius 1 is 1.41 bits per heavy atom. The first kappa shape index (κ1) is 14.0. The maximum atomic E-state index is 8.64. The second-order valence-electron chi connectivity index (χ2n) is 3.86. The van der Waals surface area contributed by atoms with Gasteiger partial charge in [-0.3, -0.25) is 4.68 Å². The molecule has 5 heteroatoms. The van der Waals surface area contributed by atoms with Crippen LogP contribution in [-0.2, 0) is 19.5 Å². The largest absolute Gasteiger partial charge is 0.300 e. The van der Waals surface area contributed by atoms with Crippen LogP contribution in [0.25, 0.3) is 0 Å². The molecule has 2 heterocycles. The Morgan fingerprint density at radius 2 is 2.12 bits per heavy atom. The van der Waals surface area contributed by atoms with E-state index in [0.717, 1.165) is 31.7 Å². The smallest absolute Gasteiger partial charge is 0.0954 e. The van der Waals surface area contributed by atoms with Gasteiger partial charge in [-0.25, -0.2) is 0 Å². The van der Waals surface area contributed by atoms with Crippen LogP contribution >= 0.6 is 11.6 Å². The number of rotatable bonds is 1. The monoisotopic (exact) mass is 254 g/mol. The Morgan fingerprint density at radius 3 is 2.76 bits per heavy atom. The minimum absolute atomic E-state index is 0.294. The van der Waals surface area contributed by atoms with Gasteiger partial charge >= 0.3 is 0 Å². The molecule has 0 atom stereocenters. The first-order chi connectivity index (χ1) is 8.22. The molecule has 1 aromatic rings. The van der Waals surface area contributed by atoms with Crippen LogP contribution in [0.15, 0.2) is 0 Å². The third kappa shape index (κ3) is 3.21. The summed E-state index contributed by atoms with van der Waals surface area (Å²) in [6.07, 6.45) is 1.37. The zero-order valence-corrected chi connectivity index (χ0v) is 11.5. The van der Waals surface area contributed by atoms with Crippen LogP contribution in [-0.4, -0.2) is 28.3 Å². The van der Waals surface area contributed by atoms with Crippen LogP contribution in [0.4, 0.5) is 0 Å². The second-order valence-corrected chi connectivity index (χ2v) is 4.23. The highest BCUT2D eigenvalue weighted by atomic mass is 35.5. The van der Waals surface area contributed by atoms with Gasteiger partial charge < -0.3 is 4.90 Å². The molecule has 1 aromatic heterocycles. The van der Waals surface area contributed by atoms with E-state index in [4.69, 9.17) is 16.9 Å². The van der Waals surface area contributed by atoms with Crippen LogP contribution in [0.3, 0.4) is 0 Å². The topological polar surface area (TPSA) is 44.9 Å². The molecule has 94 valence electrons. The number of aryl methyl sites for hydroxylation is 1. The molecule has 0 aliphatic carbocycles. The Hall–Kier alpha value is -1.05. The van der Waals surface area contributed by atoms with Crippen molar-refractivity contribution in [1.82, 2.24) is 14.7 Å². The van der Waals surface area contributed by atoms with Crippen LogP contribution in [0.2, 0.25) is 5.02 Å². The molecule has 0 N–H and O–H groups in total. The van der Waals surface area contributed by atoms with Crippen molar-refractivity contribution in [1.29, 1.82) is 5.26 Å². The van der Waals surface area contributed by atoms with E-state index >= 15 is 0 Å². The molecule has 0 aromatic carbocycles. The van der Waals surface area contributed by atoms with Crippen molar-refractivity contribution in [3.05, 3.63) is 16.4 Å². The lowest BCUT2D eigenvalue weighted by Crippen LogP contribution is -2.17. The summed E-state index contributed by atoms with van der Waals surface area (Å²) in [6, 6.07) is 2.09. The first-order valence-electron chi connectivity index (χ1n) is 6.02. The van der Waals surface area contributed by atoms with Gasteiger partial charge in [0.1, 0.15) is 0 Å². The lowest BCUT2D eigenvalue weighted by molar-refractivity contribution is 0.332. The number of nitriles is 1. The van der Waals surface area contributed by atoms with Gasteiger partial charge in [0.25, 0.3) is 0 Å². The van der Waals surface area contributed by atoms with Gasteiger partial charge in [-0.05, 0) is 13.5 Å². The molecule has 0 saturated heterocycles. The van der Waals surface area contributed by atoms with Gasteiger partial charge in [0, 0.05) is 19.6 Å². The maximum Gasteiger partial charge on any atom is 0.0954 e. The van der Waals surface area contributed by atoms with Crippen LogP contribution < -0.4 is 0 Å². The van der Waals surface area contributed by atoms with Gasteiger partial charge in [-0.1, -0.05) is 25.4 Å². The highest BCUT2D eigenvalue weighted by Gasteiger charge is 2.19. The summed E-state index contributed by atoms with van der Waals surface area (Å²) in [7, 11) is 2.07. The number of nitrogens with zero attached hydrogens (tertiary/aromatic N) is 4. The van der Waals surface area contributed by atoms with Gasteiger partial charge in [0.05, 0.1) is 28.9 Å². The van der Waals surface area contributed by atoms with Crippen molar-refractivity contribution < 1.29 is 0 Å². The van der Waals surface area contributed by atoms with Crippen molar-refractivity contribution >= 4 is 11.6 Å². The Bertz CT molecular complexity index is 405. The lowest BCUT2D eigenvalue weighted by atomic mass is 10.3. The number of aromatic nitrogens is 2. The lowest BCUT2D eigenvalue weighted by Gasteiger charge is -2.11. The summed E-state index contributed by atoms with van der Waals surface area (Å²) in [4.78, 5) is 2.22. The van der Waals surface area contributed by atoms with Crippen LogP contribution in [0.5, 0.6) is 0 Å². The number of fused-ring (bicyclic) bond motifs is 1.